The van der Waals surface area contributed by atoms with E-state index in [1.54, 1.807) is 18.3 Å². The number of nitrogens with zero attached hydrogens (tertiary/aromatic N) is 1. The maximum Gasteiger partial charge on any atom is 0.339 e. The van der Waals surface area contributed by atoms with Gasteiger partial charge in [0, 0.05) is 24.0 Å². The SMILES string of the molecule is COC(=O)c1cccc(Cc2ccccn2)c1N. The van der Waals surface area contributed by atoms with Gasteiger partial charge < -0.3 is 10.5 Å². The molecule has 1 aromatic carbocycles. The number of para-hydroxylation sites is 1. The number of hydrogen-bond donors (Lipinski definition) is 1. The second-order valence-corrected chi connectivity index (χ2v) is 3.87. The lowest BCUT2D eigenvalue weighted by Crippen LogP contribution is -2.08. The van der Waals surface area contributed by atoms with Crippen molar-refractivity contribution in [3.8, 4) is 0 Å². The van der Waals surface area contributed by atoms with Gasteiger partial charge in [0.25, 0.3) is 0 Å². The van der Waals surface area contributed by atoms with Crippen LogP contribution in [0.3, 0.4) is 0 Å². The predicted molar refractivity (Wildman–Crippen MR) is 69.2 cm³/mol. The van der Waals surface area contributed by atoms with Crippen LogP contribution >= 0.6 is 0 Å². The summed E-state index contributed by atoms with van der Waals surface area (Å²) in [5.74, 6) is -0.421. The van der Waals surface area contributed by atoms with Crippen molar-refractivity contribution >= 4 is 11.7 Å². The average Bonchev–Trinajstić information content (AvgIpc) is 2.41. The summed E-state index contributed by atoms with van der Waals surface area (Å²) in [5, 5.41) is 0. The first kappa shape index (κ1) is 12.1. The van der Waals surface area contributed by atoms with E-state index < -0.39 is 5.97 Å². The Kier molecular flexibility index (Phi) is 3.57. The molecule has 1 heterocycles. The van der Waals surface area contributed by atoms with Crippen molar-refractivity contribution in [3.05, 3.63) is 59.4 Å². The number of rotatable bonds is 3. The molecule has 0 radical (unpaired) electrons. The van der Waals surface area contributed by atoms with Gasteiger partial charge in [0.15, 0.2) is 0 Å². The molecule has 1 aromatic heterocycles. The molecule has 2 rings (SSSR count). The highest BCUT2D eigenvalue weighted by Gasteiger charge is 2.12. The first-order valence-electron chi connectivity index (χ1n) is 5.58. The van der Waals surface area contributed by atoms with Gasteiger partial charge in [-0.3, -0.25) is 4.98 Å². The summed E-state index contributed by atoms with van der Waals surface area (Å²) in [7, 11) is 1.34. The van der Waals surface area contributed by atoms with E-state index in [2.05, 4.69) is 9.72 Å². The minimum Gasteiger partial charge on any atom is -0.465 e. The van der Waals surface area contributed by atoms with Gasteiger partial charge in [0.2, 0.25) is 0 Å². The van der Waals surface area contributed by atoms with Crippen LogP contribution < -0.4 is 5.73 Å². The van der Waals surface area contributed by atoms with Gasteiger partial charge in [0.1, 0.15) is 0 Å². The lowest BCUT2D eigenvalue weighted by molar-refractivity contribution is 0.0602. The monoisotopic (exact) mass is 242 g/mol. The number of hydrogen-bond acceptors (Lipinski definition) is 4. The molecule has 0 aliphatic heterocycles. The quantitative estimate of drug-likeness (QED) is 0.660. The number of carbonyl (C=O) groups is 1. The fourth-order valence-electron chi connectivity index (χ4n) is 1.75. The maximum absolute atomic E-state index is 11.5. The normalized spacial score (nSPS) is 10.1. The lowest BCUT2D eigenvalue weighted by atomic mass is 10.0. The fraction of sp³-hybridized carbons (Fsp3) is 0.143. The Bertz CT molecular complexity index is 553. The Morgan fingerprint density at radius 1 is 1.28 bits per heavy atom. The van der Waals surface area contributed by atoms with E-state index in [1.165, 1.54) is 7.11 Å². The molecule has 0 atom stereocenters. The third kappa shape index (κ3) is 2.48. The van der Waals surface area contributed by atoms with E-state index in [0.717, 1.165) is 11.3 Å². The zero-order chi connectivity index (χ0) is 13.0. The summed E-state index contributed by atoms with van der Waals surface area (Å²) in [6.07, 6.45) is 2.33. The summed E-state index contributed by atoms with van der Waals surface area (Å²) in [4.78, 5) is 15.8. The number of pyridine rings is 1. The maximum atomic E-state index is 11.5. The number of ether oxygens (including phenoxy) is 1. The Balaban J connectivity index is 2.32. The summed E-state index contributed by atoms with van der Waals surface area (Å²) < 4.78 is 4.69. The summed E-state index contributed by atoms with van der Waals surface area (Å²) in [6.45, 7) is 0. The van der Waals surface area contributed by atoms with Crippen molar-refractivity contribution in [1.82, 2.24) is 4.98 Å². The van der Waals surface area contributed by atoms with E-state index >= 15 is 0 Å². The van der Waals surface area contributed by atoms with Gasteiger partial charge in [-0.05, 0) is 23.8 Å². The number of carbonyl (C=O) groups excluding carboxylic acids is 1. The fourth-order valence-corrected chi connectivity index (χ4v) is 1.75. The van der Waals surface area contributed by atoms with E-state index in [1.807, 2.05) is 24.3 Å². The van der Waals surface area contributed by atoms with Crippen molar-refractivity contribution in [1.29, 1.82) is 0 Å². The van der Waals surface area contributed by atoms with Crippen LogP contribution in [0.25, 0.3) is 0 Å². The molecule has 4 nitrogen and oxygen atoms in total. The standard InChI is InChI=1S/C14H14N2O2/c1-18-14(17)12-7-4-5-10(13(12)15)9-11-6-2-3-8-16-11/h2-8H,9,15H2,1H3. The topological polar surface area (TPSA) is 65.2 Å². The van der Waals surface area contributed by atoms with Crippen LogP contribution in [0.4, 0.5) is 5.69 Å². The van der Waals surface area contributed by atoms with Crippen LogP contribution in [0.1, 0.15) is 21.6 Å². The van der Waals surface area contributed by atoms with Crippen molar-refractivity contribution in [2.45, 2.75) is 6.42 Å². The molecule has 0 aliphatic carbocycles. The van der Waals surface area contributed by atoms with Gasteiger partial charge in [-0.25, -0.2) is 4.79 Å². The van der Waals surface area contributed by atoms with Gasteiger partial charge >= 0.3 is 5.97 Å². The number of benzene rings is 1. The number of esters is 1. The number of nitrogens with two attached hydrogens (primary N) is 1. The zero-order valence-electron chi connectivity index (χ0n) is 10.1. The molecule has 4 heteroatoms. The predicted octanol–water partition coefficient (Wildman–Crippen LogP) is 2.04. The first-order valence-corrected chi connectivity index (χ1v) is 5.58. The highest BCUT2D eigenvalue weighted by Crippen LogP contribution is 2.20. The molecule has 0 spiro atoms. The lowest BCUT2D eigenvalue weighted by Gasteiger charge is -2.09. The molecule has 2 N–H and O–H groups in total. The first-order chi connectivity index (χ1) is 8.72. The number of anilines is 1. The van der Waals surface area contributed by atoms with Gasteiger partial charge in [0.05, 0.1) is 12.7 Å². The third-order valence-electron chi connectivity index (χ3n) is 2.70. The van der Waals surface area contributed by atoms with Gasteiger partial charge in [-0.1, -0.05) is 18.2 Å². The molecule has 0 amide bonds. The van der Waals surface area contributed by atoms with Crippen LogP contribution in [0, 0.1) is 0 Å². The Morgan fingerprint density at radius 3 is 2.78 bits per heavy atom. The molecule has 0 aliphatic rings. The smallest absolute Gasteiger partial charge is 0.339 e. The molecule has 0 bridgehead atoms. The van der Waals surface area contributed by atoms with Crippen LogP contribution in [0.2, 0.25) is 0 Å². The molecular weight excluding hydrogens is 228 g/mol. The number of methoxy groups -OCH3 is 1. The van der Waals surface area contributed by atoms with E-state index in [-0.39, 0.29) is 0 Å². The van der Waals surface area contributed by atoms with Crippen molar-refractivity contribution in [2.75, 3.05) is 12.8 Å². The molecule has 2 aromatic rings. The van der Waals surface area contributed by atoms with Gasteiger partial charge in [-0.15, -0.1) is 0 Å². The third-order valence-corrected chi connectivity index (χ3v) is 2.70. The number of nitrogen functional groups attached to an aromatic ring is 1. The highest BCUT2D eigenvalue weighted by atomic mass is 16.5. The molecule has 18 heavy (non-hydrogen) atoms. The second kappa shape index (κ2) is 5.31. The Labute approximate surface area is 105 Å². The van der Waals surface area contributed by atoms with Crippen LogP contribution in [0.15, 0.2) is 42.6 Å². The van der Waals surface area contributed by atoms with E-state index in [4.69, 9.17) is 5.73 Å². The second-order valence-electron chi connectivity index (χ2n) is 3.87. The highest BCUT2D eigenvalue weighted by molar-refractivity contribution is 5.95. The molecule has 0 saturated heterocycles. The van der Waals surface area contributed by atoms with Crippen molar-refractivity contribution in [3.63, 3.8) is 0 Å². The Hall–Kier alpha value is -2.36. The summed E-state index contributed by atoms with van der Waals surface area (Å²) >= 11 is 0. The van der Waals surface area contributed by atoms with Crippen molar-refractivity contribution in [2.24, 2.45) is 0 Å². The van der Waals surface area contributed by atoms with Crippen LogP contribution in [-0.4, -0.2) is 18.1 Å². The van der Waals surface area contributed by atoms with Crippen molar-refractivity contribution < 1.29 is 9.53 Å². The molecule has 0 fully saturated rings. The van der Waals surface area contributed by atoms with E-state index in [9.17, 15) is 4.79 Å². The minimum absolute atomic E-state index is 0.394. The van der Waals surface area contributed by atoms with Crippen LogP contribution in [0.5, 0.6) is 0 Å². The molecule has 92 valence electrons. The number of aromatic nitrogens is 1. The minimum atomic E-state index is -0.421. The van der Waals surface area contributed by atoms with Gasteiger partial charge in [-0.2, -0.15) is 0 Å². The Morgan fingerprint density at radius 2 is 2.11 bits per heavy atom. The summed E-state index contributed by atoms with van der Waals surface area (Å²) in [5.41, 5.74) is 8.61. The molecule has 0 saturated carbocycles. The van der Waals surface area contributed by atoms with Crippen LogP contribution in [-0.2, 0) is 11.2 Å². The van der Waals surface area contributed by atoms with E-state index in [0.29, 0.717) is 17.7 Å². The average molecular weight is 242 g/mol. The zero-order valence-corrected chi connectivity index (χ0v) is 10.1. The molecule has 0 unspecified atom stereocenters. The summed E-state index contributed by atoms with van der Waals surface area (Å²) in [6, 6.07) is 11.0. The molecular formula is C14H14N2O2. The largest absolute Gasteiger partial charge is 0.465 e.